The topological polar surface area (TPSA) is 72.2 Å². The van der Waals surface area contributed by atoms with E-state index < -0.39 is 23.7 Å². The van der Waals surface area contributed by atoms with Crippen molar-refractivity contribution in [3.8, 4) is 0 Å². The van der Waals surface area contributed by atoms with Gasteiger partial charge in [0.2, 0.25) is 11.8 Å². The predicted molar refractivity (Wildman–Crippen MR) is 83.8 cm³/mol. The van der Waals surface area contributed by atoms with E-state index in [9.17, 15) is 22.8 Å². The number of thioether (sulfide) groups is 1. The Morgan fingerprint density at radius 2 is 2.00 bits per heavy atom. The van der Waals surface area contributed by atoms with Crippen molar-refractivity contribution in [1.29, 1.82) is 0 Å². The molecule has 3 N–H and O–H groups in total. The van der Waals surface area contributed by atoms with Crippen molar-refractivity contribution in [3.05, 3.63) is 35.4 Å². The number of hydrogen-bond acceptors (Lipinski definition) is 3. The molecule has 0 aromatic heterocycles. The summed E-state index contributed by atoms with van der Waals surface area (Å²) in [5.41, 5.74) is 4.65. The molecule has 0 saturated heterocycles. The lowest BCUT2D eigenvalue weighted by Gasteiger charge is -2.20. The highest BCUT2D eigenvalue weighted by Crippen LogP contribution is 2.31. The summed E-state index contributed by atoms with van der Waals surface area (Å²) in [6.07, 6.45) is -3.20. The number of primary amides is 1. The van der Waals surface area contributed by atoms with Gasteiger partial charge in [0.25, 0.3) is 0 Å². The summed E-state index contributed by atoms with van der Waals surface area (Å²) in [6, 6.07) is 4.44. The Morgan fingerprint density at radius 1 is 1.30 bits per heavy atom. The lowest BCUT2D eigenvalue weighted by molar-refractivity contribution is -0.137. The molecule has 0 unspecified atom stereocenters. The van der Waals surface area contributed by atoms with Gasteiger partial charge in [-0.05, 0) is 24.1 Å². The molecule has 0 aliphatic carbocycles. The molecule has 0 fully saturated rings. The third-order valence-electron chi connectivity index (χ3n) is 3.01. The van der Waals surface area contributed by atoms with Crippen molar-refractivity contribution in [3.63, 3.8) is 0 Å². The van der Waals surface area contributed by atoms with Gasteiger partial charge in [0, 0.05) is 0 Å². The van der Waals surface area contributed by atoms with E-state index in [0.717, 1.165) is 23.9 Å². The molecular weight excluding hydrogens is 329 g/mol. The molecule has 1 rings (SSSR count). The maximum absolute atomic E-state index is 12.8. The molecule has 1 aromatic rings. The Kier molecular flexibility index (Phi) is 7.41. The van der Waals surface area contributed by atoms with Crippen LogP contribution in [0.1, 0.15) is 36.9 Å². The second-order valence-electron chi connectivity index (χ2n) is 4.99. The summed E-state index contributed by atoms with van der Waals surface area (Å²) in [5, 5.41) is 2.71. The largest absolute Gasteiger partial charge is 0.416 e. The Labute approximate surface area is 137 Å². The highest BCUT2D eigenvalue weighted by molar-refractivity contribution is 8.00. The van der Waals surface area contributed by atoms with Gasteiger partial charge in [-0.1, -0.05) is 25.5 Å². The zero-order valence-corrected chi connectivity index (χ0v) is 13.5. The molecule has 0 spiro atoms. The minimum absolute atomic E-state index is 0.0232. The maximum atomic E-state index is 12.8. The van der Waals surface area contributed by atoms with E-state index in [1.165, 1.54) is 6.07 Å². The Morgan fingerprint density at radius 3 is 2.57 bits per heavy atom. The smallest absolute Gasteiger partial charge is 0.369 e. The number of halogens is 3. The highest BCUT2D eigenvalue weighted by Gasteiger charge is 2.31. The Hall–Kier alpha value is -1.70. The second kappa shape index (κ2) is 8.81. The zero-order chi connectivity index (χ0) is 17.5. The van der Waals surface area contributed by atoms with E-state index in [1.54, 1.807) is 6.07 Å². The summed E-state index contributed by atoms with van der Waals surface area (Å²) >= 11 is 1.07. The predicted octanol–water partition coefficient (Wildman–Crippen LogP) is 2.88. The van der Waals surface area contributed by atoms with Gasteiger partial charge in [-0.25, -0.2) is 0 Å². The monoisotopic (exact) mass is 348 g/mol. The number of carbonyl (C=O) groups is 2. The van der Waals surface area contributed by atoms with Crippen LogP contribution in [0.2, 0.25) is 0 Å². The molecular formula is C15H19F3N2O2S. The molecule has 1 atom stereocenters. The minimum atomic E-state index is -4.42. The van der Waals surface area contributed by atoms with Crippen molar-refractivity contribution < 1.29 is 22.8 Å². The quantitative estimate of drug-likeness (QED) is 0.759. The molecule has 8 heteroatoms. The standard InChI is InChI=1S/C15H19F3N2O2S/c1-2-4-12(20-14(22)9-23-8-13(19)21)10-5-3-6-11(7-10)15(16,17)18/h3,5-7,12H,2,4,8-9H2,1H3,(H2,19,21)(H,20,22)/t12-/m0/s1. The van der Waals surface area contributed by atoms with Gasteiger partial charge in [0.1, 0.15) is 0 Å². The number of alkyl halides is 3. The van der Waals surface area contributed by atoms with Crippen LogP contribution in [0.25, 0.3) is 0 Å². The van der Waals surface area contributed by atoms with Crippen molar-refractivity contribution in [2.45, 2.75) is 32.0 Å². The number of hydrogen-bond donors (Lipinski definition) is 2. The number of benzene rings is 1. The molecule has 0 heterocycles. The normalized spacial score (nSPS) is 12.7. The zero-order valence-electron chi connectivity index (χ0n) is 12.7. The van der Waals surface area contributed by atoms with Crippen LogP contribution in [0.5, 0.6) is 0 Å². The average Bonchev–Trinajstić information content (AvgIpc) is 2.45. The summed E-state index contributed by atoms with van der Waals surface area (Å²) in [7, 11) is 0. The molecule has 2 amide bonds. The minimum Gasteiger partial charge on any atom is -0.369 e. The van der Waals surface area contributed by atoms with Gasteiger partial charge in [0.15, 0.2) is 0 Å². The van der Waals surface area contributed by atoms with Gasteiger partial charge in [-0.2, -0.15) is 13.2 Å². The molecule has 0 aliphatic heterocycles. The first-order valence-corrected chi connectivity index (χ1v) is 8.22. The average molecular weight is 348 g/mol. The third-order valence-corrected chi connectivity index (χ3v) is 3.96. The van der Waals surface area contributed by atoms with Crippen molar-refractivity contribution >= 4 is 23.6 Å². The Bertz CT molecular complexity index is 550. The first kappa shape index (κ1) is 19.3. The first-order valence-electron chi connectivity index (χ1n) is 7.06. The SMILES string of the molecule is CCC[C@H](NC(=O)CSCC(N)=O)c1cccc(C(F)(F)F)c1. The van der Waals surface area contributed by atoms with Crippen LogP contribution in [0.4, 0.5) is 13.2 Å². The van der Waals surface area contributed by atoms with Crippen LogP contribution in [-0.4, -0.2) is 23.3 Å². The summed E-state index contributed by atoms with van der Waals surface area (Å²) in [6.45, 7) is 1.88. The van der Waals surface area contributed by atoms with E-state index >= 15 is 0 Å². The van der Waals surface area contributed by atoms with Gasteiger partial charge < -0.3 is 11.1 Å². The lowest BCUT2D eigenvalue weighted by atomic mass is 10.00. The van der Waals surface area contributed by atoms with Gasteiger partial charge in [0.05, 0.1) is 23.1 Å². The van der Waals surface area contributed by atoms with Crippen molar-refractivity contribution in [2.24, 2.45) is 5.73 Å². The molecule has 0 bridgehead atoms. The number of amides is 2. The van der Waals surface area contributed by atoms with Crippen molar-refractivity contribution in [1.82, 2.24) is 5.32 Å². The maximum Gasteiger partial charge on any atom is 0.416 e. The molecule has 4 nitrogen and oxygen atoms in total. The van der Waals surface area contributed by atoms with E-state index in [1.807, 2.05) is 6.92 Å². The van der Waals surface area contributed by atoms with Crippen LogP contribution in [0.3, 0.4) is 0 Å². The van der Waals surface area contributed by atoms with Crippen molar-refractivity contribution in [2.75, 3.05) is 11.5 Å². The number of rotatable bonds is 8. The highest BCUT2D eigenvalue weighted by atomic mass is 32.2. The van der Waals surface area contributed by atoms with Crippen LogP contribution in [0.15, 0.2) is 24.3 Å². The first-order chi connectivity index (χ1) is 10.7. The summed E-state index contributed by atoms with van der Waals surface area (Å²) < 4.78 is 38.4. The molecule has 0 saturated carbocycles. The summed E-state index contributed by atoms with van der Waals surface area (Å²) in [4.78, 5) is 22.5. The molecule has 23 heavy (non-hydrogen) atoms. The third kappa shape index (κ3) is 6.94. The molecule has 0 aliphatic rings. The van der Waals surface area contributed by atoms with Crippen LogP contribution in [0, 0.1) is 0 Å². The fourth-order valence-corrected chi connectivity index (χ4v) is 2.59. The van der Waals surface area contributed by atoms with Gasteiger partial charge >= 0.3 is 6.18 Å². The van der Waals surface area contributed by atoms with E-state index in [0.29, 0.717) is 18.4 Å². The van der Waals surface area contributed by atoms with E-state index in [-0.39, 0.29) is 17.4 Å². The number of carbonyl (C=O) groups excluding carboxylic acids is 2. The molecule has 1 aromatic carbocycles. The van der Waals surface area contributed by atoms with Crippen LogP contribution in [-0.2, 0) is 15.8 Å². The number of nitrogens with two attached hydrogens (primary N) is 1. The molecule has 128 valence electrons. The number of nitrogens with one attached hydrogen (secondary N) is 1. The fourth-order valence-electron chi connectivity index (χ4n) is 2.02. The van der Waals surface area contributed by atoms with Crippen LogP contribution >= 0.6 is 11.8 Å². The van der Waals surface area contributed by atoms with Crippen LogP contribution < -0.4 is 11.1 Å². The second-order valence-corrected chi connectivity index (χ2v) is 5.98. The van der Waals surface area contributed by atoms with E-state index in [2.05, 4.69) is 5.32 Å². The lowest BCUT2D eigenvalue weighted by Crippen LogP contribution is -2.30. The van der Waals surface area contributed by atoms with Gasteiger partial charge in [-0.3, -0.25) is 9.59 Å². The molecule has 0 radical (unpaired) electrons. The van der Waals surface area contributed by atoms with E-state index in [4.69, 9.17) is 5.73 Å². The van der Waals surface area contributed by atoms with Gasteiger partial charge in [-0.15, -0.1) is 11.8 Å². The summed E-state index contributed by atoms with van der Waals surface area (Å²) in [5.74, 6) is -0.810. The fraction of sp³-hybridized carbons (Fsp3) is 0.467. The Balaban J connectivity index is 2.78.